The fourth-order valence-corrected chi connectivity index (χ4v) is 4.80. The number of nitro groups is 1. The van der Waals surface area contributed by atoms with Gasteiger partial charge in [-0.3, -0.25) is 14.9 Å². The van der Waals surface area contributed by atoms with Gasteiger partial charge in [-0.2, -0.15) is 4.98 Å². The zero-order chi connectivity index (χ0) is 21.1. The quantitative estimate of drug-likeness (QED) is 0.277. The van der Waals surface area contributed by atoms with Crippen molar-refractivity contribution in [2.24, 2.45) is 0 Å². The topological polar surface area (TPSA) is 103 Å². The molecule has 1 atom stereocenters. The SMILES string of the molecule is CCCCCCSc1nc2n(n1)[C@H](c1ccc([N+](=O)[O-])cc1)C1=C(CCCC1=O)N2. The highest BCUT2D eigenvalue weighted by molar-refractivity contribution is 7.99. The van der Waals surface area contributed by atoms with E-state index in [0.29, 0.717) is 23.1 Å². The summed E-state index contributed by atoms with van der Waals surface area (Å²) in [6.45, 7) is 2.19. The smallest absolute Gasteiger partial charge is 0.269 e. The summed E-state index contributed by atoms with van der Waals surface area (Å²) in [6.07, 6.45) is 6.86. The summed E-state index contributed by atoms with van der Waals surface area (Å²) in [4.78, 5) is 28.1. The van der Waals surface area contributed by atoms with E-state index in [9.17, 15) is 14.9 Å². The second-order valence-electron chi connectivity index (χ2n) is 7.62. The predicted octanol–water partition coefficient (Wildman–Crippen LogP) is 4.88. The summed E-state index contributed by atoms with van der Waals surface area (Å²) >= 11 is 1.63. The van der Waals surface area contributed by atoms with Crippen LogP contribution in [0.2, 0.25) is 0 Å². The van der Waals surface area contributed by atoms with Gasteiger partial charge in [0, 0.05) is 35.6 Å². The van der Waals surface area contributed by atoms with E-state index in [-0.39, 0.29) is 11.5 Å². The number of anilines is 1. The first-order valence-corrected chi connectivity index (χ1v) is 11.4. The largest absolute Gasteiger partial charge is 0.328 e. The maximum Gasteiger partial charge on any atom is 0.269 e. The summed E-state index contributed by atoms with van der Waals surface area (Å²) in [6, 6.07) is 5.97. The van der Waals surface area contributed by atoms with Crippen molar-refractivity contribution in [3.8, 4) is 0 Å². The van der Waals surface area contributed by atoms with Gasteiger partial charge in [-0.1, -0.05) is 37.9 Å². The number of hydrogen-bond donors (Lipinski definition) is 1. The number of carbonyl (C=O) groups excluding carboxylic acids is 1. The molecular formula is C21H25N5O3S. The van der Waals surface area contributed by atoms with Crippen LogP contribution < -0.4 is 5.32 Å². The molecule has 0 amide bonds. The molecule has 1 aromatic carbocycles. The number of non-ortho nitro benzene ring substituents is 1. The van der Waals surface area contributed by atoms with Gasteiger partial charge in [0.1, 0.15) is 6.04 Å². The lowest BCUT2D eigenvalue weighted by Crippen LogP contribution is -2.31. The molecule has 1 aliphatic heterocycles. The number of hydrogen-bond acceptors (Lipinski definition) is 7. The van der Waals surface area contributed by atoms with E-state index in [4.69, 9.17) is 5.10 Å². The Kier molecular flexibility index (Phi) is 6.17. The molecule has 1 aromatic heterocycles. The third kappa shape index (κ3) is 4.12. The third-order valence-electron chi connectivity index (χ3n) is 5.50. The Hall–Kier alpha value is -2.68. The summed E-state index contributed by atoms with van der Waals surface area (Å²) in [7, 11) is 0. The molecule has 2 aromatic rings. The Bertz CT molecular complexity index is 983. The van der Waals surface area contributed by atoms with Crippen molar-refractivity contribution in [1.29, 1.82) is 0 Å². The molecular weight excluding hydrogens is 402 g/mol. The van der Waals surface area contributed by atoms with Crippen LogP contribution in [0.5, 0.6) is 0 Å². The van der Waals surface area contributed by atoms with Gasteiger partial charge in [-0.25, -0.2) is 4.68 Å². The van der Waals surface area contributed by atoms with E-state index in [0.717, 1.165) is 36.3 Å². The maximum absolute atomic E-state index is 12.8. The van der Waals surface area contributed by atoms with Gasteiger partial charge in [0.2, 0.25) is 11.1 Å². The van der Waals surface area contributed by atoms with Gasteiger partial charge in [-0.05, 0) is 37.0 Å². The molecule has 8 nitrogen and oxygen atoms in total. The summed E-state index contributed by atoms with van der Waals surface area (Å²) in [5, 5.41) is 19.7. The van der Waals surface area contributed by atoms with Crippen molar-refractivity contribution >= 4 is 29.2 Å². The molecule has 2 aliphatic rings. The monoisotopic (exact) mass is 427 g/mol. The van der Waals surface area contributed by atoms with Crippen LogP contribution >= 0.6 is 11.8 Å². The van der Waals surface area contributed by atoms with Gasteiger partial charge >= 0.3 is 0 Å². The minimum absolute atomic E-state index is 0.0268. The van der Waals surface area contributed by atoms with Crippen LogP contribution in [0.25, 0.3) is 0 Å². The van der Waals surface area contributed by atoms with Gasteiger partial charge in [-0.15, -0.1) is 5.10 Å². The number of nitrogens with zero attached hydrogens (tertiary/aromatic N) is 4. The van der Waals surface area contributed by atoms with Crippen molar-refractivity contribution < 1.29 is 9.72 Å². The van der Waals surface area contributed by atoms with Crippen LogP contribution in [-0.4, -0.2) is 31.2 Å². The third-order valence-corrected chi connectivity index (χ3v) is 6.42. The molecule has 0 unspecified atom stereocenters. The minimum atomic E-state index is -0.420. The molecule has 0 spiro atoms. The minimum Gasteiger partial charge on any atom is -0.328 e. The second-order valence-corrected chi connectivity index (χ2v) is 8.68. The summed E-state index contributed by atoms with van der Waals surface area (Å²) in [5.74, 6) is 1.68. The fourth-order valence-electron chi connectivity index (χ4n) is 3.98. The highest BCUT2D eigenvalue weighted by Gasteiger charge is 2.37. The number of carbonyl (C=O) groups is 1. The highest BCUT2D eigenvalue weighted by atomic mass is 32.2. The molecule has 0 fully saturated rings. The first kappa shape index (κ1) is 20.6. The Morgan fingerprint density at radius 3 is 2.77 bits per heavy atom. The van der Waals surface area contributed by atoms with Crippen molar-refractivity contribution in [2.75, 3.05) is 11.1 Å². The Balaban J connectivity index is 1.65. The molecule has 1 aliphatic carbocycles. The standard InChI is InChI=1S/C21H25N5O3S/c1-2-3-4-5-13-30-21-23-20-22-16-7-6-8-17(27)18(16)19(25(20)24-21)14-9-11-15(12-10-14)26(28)29/h9-12,19H,2-8,13H2,1H3,(H,22,23,24)/t19-/m1/s1. The first-order chi connectivity index (χ1) is 14.6. The Morgan fingerprint density at radius 2 is 2.03 bits per heavy atom. The zero-order valence-corrected chi connectivity index (χ0v) is 17.8. The lowest BCUT2D eigenvalue weighted by atomic mass is 9.85. The van der Waals surface area contributed by atoms with E-state index in [1.54, 1.807) is 28.6 Å². The number of aromatic nitrogens is 3. The highest BCUT2D eigenvalue weighted by Crippen LogP contribution is 2.40. The van der Waals surface area contributed by atoms with E-state index in [1.165, 1.54) is 31.4 Å². The lowest BCUT2D eigenvalue weighted by molar-refractivity contribution is -0.384. The molecule has 1 N–H and O–H groups in total. The molecule has 0 bridgehead atoms. The fraction of sp³-hybridized carbons (Fsp3) is 0.476. The van der Waals surface area contributed by atoms with Crippen LogP contribution in [0.15, 0.2) is 40.7 Å². The number of thioether (sulfide) groups is 1. The van der Waals surface area contributed by atoms with Crippen LogP contribution in [0.3, 0.4) is 0 Å². The van der Waals surface area contributed by atoms with Crippen LogP contribution in [-0.2, 0) is 4.79 Å². The number of unbranched alkanes of at least 4 members (excludes halogenated alkanes) is 3. The number of Topliss-reactive ketones (excluding diaryl/α,β-unsaturated/α-hetero) is 1. The average Bonchev–Trinajstić information content (AvgIpc) is 3.14. The predicted molar refractivity (Wildman–Crippen MR) is 116 cm³/mol. The van der Waals surface area contributed by atoms with Gasteiger partial charge in [0.05, 0.1) is 4.92 Å². The molecule has 2 heterocycles. The molecule has 0 saturated heterocycles. The lowest BCUT2D eigenvalue weighted by Gasteiger charge is -2.32. The van der Waals surface area contributed by atoms with E-state index >= 15 is 0 Å². The number of nitro benzene ring substituents is 1. The molecule has 0 radical (unpaired) electrons. The molecule has 158 valence electrons. The van der Waals surface area contributed by atoms with Crippen LogP contribution in [0.4, 0.5) is 11.6 Å². The van der Waals surface area contributed by atoms with Crippen molar-refractivity contribution in [3.05, 3.63) is 51.2 Å². The normalized spacial score (nSPS) is 18.0. The van der Waals surface area contributed by atoms with E-state index in [1.807, 2.05) is 0 Å². The molecule has 9 heteroatoms. The second kappa shape index (κ2) is 8.99. The first-order valence-electron chi connectivity index (χ1n) is 10.5. The number of rotatable bonds is 8. The Labute approximate surface area is 179 Å². The Morgan fingerprint density at radius 1 is 1.23 bits per heavy atom. The maximum atomic E-state index is 12.8. The molecule has 4 rings (SSSR count). The molecule has 0 saturated carbocycles. The number of allylic oxidation sites excluding steroid dienone is 2. The van der Waals surface area contributed by atoms with Gasteiger partial charge in [0.15, 0.2) is 5.78 Å². The number of ketones is 1. The van der Waals surface area contributed by atoms with Crippen LogP contribution in [0.1, 0.15) is 63.5 Å². The molecule has 30 heavy (non-hydrogen) atoms. The van der Waals surface area contributed by atoms with E-state index in [2.05, 4.69) is 17.2 Å². The van der Waals surface area contributed by atoms with E-state index < -0.39 is 11.0 Å². The van der Waals surface area contributed by atoms with Crippen molar-refractivity contribution in [2.45, 2.75) is 63.1 Å². The van der Waals surface area contributed by atoms with Crippen molar-refractivity contribution in [1.82, 2.24) is 14.8 Å². The number of benzene rings is 1. The van der Waals surface area contributed by atoms with Crippen molar-refractivity contribution in [3.63, 3.8) is 0 Å². The van der Waals surface area contributed by atoms with Gasteiger partial charge in [0.25, 0.3) is 5.69 Å². The number of fused-ring (bicyclic) bond motifs is 1. The summed E-state index contributed by atoms with van der Waals surface area (Å²) < 4.78 is 1.76. The zero-order valence-electron chi connectivity index (χ0n) is 17.0. The van der Waals surface area contributed by atoms with Crippen LogP contribution in [0, 0.1) is 10.1 Å². The van der Waals surface area contributed by atoms with Gasteiger partial charge < -0.3 is 5.32 Å². The summed E-state index contributed by atoms with van der Waals surface area (Å²) in [5.41, 5.74) is 2.43. The average molecular weight is 428 g/mol. The number of nitrogens with one attached hydrogen (secondary N) is 1.